The lowest BCUT2D eigenvalue weighted by molar-refractivity contribution is 0.0528. The van der Waals surface area contributed by atoms with Crippen LogP contribution in [0.4, 0.5) is 4.79 Å². The molecule has 21 heavy (non-hydrogen) atoms. The van der Waals surface area contributed by atoms with Crippen LogP contribution in [-0.2, 0) is 4.74 Å². The van der Waals surface area contributed by atoms with Gasteiger partial charge in [0, 0.05) is 13.1 Å². The normalized spacial score (nSPS) is 11.4. The van der Waals surface area contributed by atoms with Gasteiger partial charge in [0.05, 0.1) is 0 Å². The van der Waals surface area contributed by atoms with Gasteiger partial charge in [-0.3, -0.25) is 0 Å². The van der Waals surface area contributed by atoms with Gasteiger partial charge in [0.15, 0.2) is 0 Å². The lowest BCUT2D eigenvalue weighted by Crippen LogP contribution is -2.36. The summed E-state index contributed by atoms with van der Waals surface area (Å²) >= 11 is 0. The Labute approximate surface area is 131 Å². The summed E-state index contributed by atoms with van der Waals surface area (Å²) in [4.78, 5) is 11.4. The molecule has 2 N–H and O–H groups in total. The fraction of sp³-hybridized carbons (Fsp3) is 0.941. The number of hydrogen-bond donors (Lipinski definition) is 2. The minimum atomic E-state index is -0.422. The summed E-state index contributed by atoms with van der Waals surface area (Å²) < 4.78 is 5.16. The molecule has 4 heteroatoms. The Kier molecular flexibility index (Phi) is 12.5. The van der Waals surface area contributed by atoms with Crippen LogP contribution in [0.15, 0.2) is 0 Å². The van der Waals surface area contributed by atoms with E-state index in [1.807, 2.05) is 20.8 Å². The highest BCUT2D eigenvalue weighted by Gasteiger charge is 2.15. The first-order valence-corrected chi connectivity index (χ1v) is 8.63. The third-order valence-corrected chi connectivity index (χ3v) is 3.18. The van der Waals surface area contributed by atoms with Crippen LogP contribution in [0.5, 0.6) is 0 Å². The Hall–Kier alpha value is -0.770. The third-order valence-electron chi connectivity index (χ3n) is 3.18. The summed E-state index contributed by atoms with van der Waals surface area (Å²) in [5.74, 6) is 0. The molecule has 126 valence electrons. The van der Waals surface area contributed by atoms with E-state index in [1.165, 1.54) is 51.4 Å². The average molecular weight is 300 g/mol. The van der Waals surface area contributed by atoms with E-state index in [4.69, 9.17) is 4.74 Å². The van der Waals surface area contributed by atoms with Gasteiger partial charge in [-0.2, -0.15) is 0 Å². The van der Waals surface area contributed by atoms with Crippen molar-refractivity contribution >= 4 is 6.09 Å². The second-order valence-corrected chi connectivity index (χ2v) is 6.65. The molecule has 1 amide bonds. The van der Waals surface area contributed by atoms with E-state index in [9.17, 15) is 4.79 Å². The van der Waals surface area contributed by atoms with Crippen molar-refractivity contribution in [2.75, 3.05) is 19.6 Å². The van der Waals surface area contributed by atoms with Gasteiger partial charge in [0.2, 0.25) is 0 Å². The van der Waals surface area contributed by atoms with Crippen LogP contribution in [0, 0.1) is 0 Å². The van der Waals surface area contributed by atoms with E-state index >= 15 is 0 Å². The number of alkyl carbamates (subject to hydrolysis) is 1. The third kappa shape index (κ3) is 17.2. The molecule has 4 nitrogen and oxygen atoms in total. The topological polar surface area (TPSA) is 50.4 Å². The predicted molar refractivity (Wildman–Crippen MR) is 89.7 cm³/mol. The zero-order valence-electron chi connectivity index (χ0n) is 14.6. The number of hydrogen-bond acceptors (Lipinski definition) is 3. The molecule has 0 unspecified atom stereocenters. The van der Waals surface area contributed by atoms with Crippen molar-refractivity contribution in [2.24, 2.45) is 0 Å². The zero-order valence-corrected chi connectivity index (χ0v) is 14.6. The maximum atomic E-state index is 11.4. The summed E-state index contributed by atoms with van der Waals surface area (Å²) in [6, 6.07) is 0. The average Bonchev–Trinajstić information content (AvgIpc) is 2.38. The Morgan fingerprint density at radius 2 is 1.43 bits per heavy atom. The molecule has 0 aromatic rings. The Balaban J connectivity index is 3.17. The number of carbonyl (C=O) groups is 1. The highest BCUT2D eigenvalue weighted by molar-refractivity contribution is 5.67. The van der Waals surface area contributed by atoms with Gasteiger partial charge in [-0.25, -0.2) is 4.79 Å². The second kappa shape index (κ2) is 12.9. The van der Waals surface area contributed by atoms with E-state index in [-0.39, 0.29) is 6.09 Å². The van der Waals surface area contributed by atoms with Crippen LogP contribution in [-0.4, -0.2) is 31.3 Å². The van der Waals surface area contributed by atoms with E-state index in [1.54, 1.807) is 0 Å². The molecule has 0 atom stereocenters. The number of ether oxygens (including phenoxy) is 1. The van der Waals surface area contributed by atoms with Crippen molar-refractivity contribution in [3.05, 3.63) is 0 Å². The lowest BCUT2D eigenvalue weighted by atomic mass is 10.1. The van der Waals surface area contributed by atoms with Gasteiger partial charge in [0.25, 0.3) is 0 Å². The molecule has 0 spiro atoms. The smallest absolute Gasteiger partial charge is 0.407 e. The van der Waals surface area contributed by atoms with Crippen molar-refractivity contribution in [1.29, 1.82) is 0 Å². The lowest BCUT2D eigenvalue weighted by Gasteiger charge is -2.19. The van der Waals surface area contributed by atoms with Crippen LogP contribution in [0.2, 0.25) is 0 Å². The van der Waals surface area contributed by atoms with Crippen molar-refractivity contribution < 1.29 is 9.53 Å². The fourth-order valence-electron chi connectivity index (χ4n) is 2.08. The summed E-state index contributed by atoms with van der Waals surface area (Å²) in [5.41, 5.74) is -0.422. The molecule has 0 aromatic heterocycles. The van der Waals surface area contributed by atoms with Gasteiger partial charge in [-0.15, -0.1) is 0 Å². The van der Waals surface area contributed by atoms with E-state index in [0.29, 0.717) is 6.54 Å². The van der Waals surface area contributed by atoms with Crippen molar-refractivity contribution in [3.63, 3.8) is 0 Å². The van der Waals surface area contributed by atoms with Gasteiger partial charge in [0.1, 0.15) is 5.60 Å². The molecule has 0 aliphatic carbocycles. The molecule has 0 bridgehead atoms. The maximum absolute atomic E-state index is 11.4. The first-order chi connectivity index (χ1) is 9.95. The summed E-state index contributed by atoms with van der Waals surface area (Å²) in [5, 5.41) is 6.09. The summed E-state index contributed by atoms with van der Waals surface area (Å²) in [7, 11) is 0. The number of rotatable bonds is 12. The molecule has 0 radical (unpaired) electrons. The van der Waals surface area contributed by atoms with Crippen LogP contribution < -0.4 is 10.6 Å². The van der Waals surface area contributed by atoms with Crippen molar-refractivity contribution in [3.8, 4) is 0 Å². The minimum absolute atomic E-state index is 0.337. The predicted octanol–water partition coefficient (Wildman–Crippen LogP) is 4.24. The highest BCUT2D eigenvalue weighted by Crippen LogP contribution is 2.08. The molecule has 0 aromatic carbocycles. The zero-order chi connectivity index (χ0) is 16.0. The van der Waals surface area contributed by atoms with E-state index < -0.39 is 5.60 Å². The summed E-state index contributed by atoms with van der Waals surface area (Å²) in [6.45, 7) is 10.3. The Morgan fingerprint density at radius 3 is 2.00 bits per heavy atom. The molecule has 0 aliphatic rings. The van der Waals surface area contributed by atoms with E-state index in [0.717, 1.165) is 13.1 Å². The fourth-order valence-corrected chi connectivity index (χ4v) is 2.08. The summed E-state index contributed by atoms with van der Waals surface area (Å²) in [6.07, 6.45) is 10.4. The monoisotopic (exact) mass is 300 g/mol. The SMILES string of the molecule is CCCCCCCCCCNCCNC(=O)OC(C)(C)C. The van der Waals surface area contributed by atoms with Crippen molar-refractivity contribution in [2.45, 2.75) is 84.7 Å². The number of nitrogens with one attached hydrogen (secondary N) is 2. The maximum Gasteiger partial charge on any atom is 0.407 e. The number of amides is 1. The largest absolute Gasteiger partial charge is 0.444 e. The van der Waals surface area contributed by atoms with Gasteiger partial charge in [-0.1, -0.05) is 51.9 Å². The molecular weight excluding hydrogens is 264 g/mol. The molecule has 0 rings (SSSR count). The Morgan fingerprint density at radius 1 is 0.857 bits per heavy atom. The van der Waals surface area contributed by atoms with E-state index in [2.05, 4.69) is 17.6 Å². The van der Waals surface area contributed by atoms with Crippen LogP contribution in [0.3, 0.4) is 0 Å². The first-order valence-electron chi connectivity index (χ1n) is 8.63. The molecule has 0 fully saturated rings. The van der Waals surface area contributed by atoms with Gasteiger partial charge in [-0.05, 0) is 33.7 Å². The van der Waals surface area contributed by atoms with Crippen molar-refractivity contribution in [1.82, 2.24) is 10.6 Å². The molecule has 0 saturated carbocycles. The molecule has 0 aliphatic heterocycles. The van der Waals surface area contributed by atoms with Crippen LogP contribution >= 0.6 is 0 Å². The van der Waals surface area contributed by atoms with Crippen LogP contribution in [0.1, 0.15) is 79.1 Å². The molecular formula is C17H36N2O2. The minimum Gasteiger partial charge on any atom is -0.444 e. The quantitative estimate of drug-likeness (QED) is 0.530. The van der Waals surface area contributed by atoms with Gasteiger partial charge >= 0.3 is 6.09 Å². The number of unbranched alkanes of at least 4 members (excludes halogenated alkanes) is 7. The molecule has 0 saturated heterocycles. The van der Waals surface area contributed by atoms with Gasteiger partial charge < -0.3 is 15.4 Å². The second-order valence-electron chi connectivity index (χ2n) is 6.65. The standard InChI is InChI=1S/C17H36N2O2/c1-5-6-7-8-9-10-11-12-13-18-14-15-19-16(20)21-17(2,3)4/h18H,5-15H2,1-4H3,(H,19,20). The number of carbonyl (C=O) groups excluding carboxylic acids is 1. The Bertz CT molecular complexity index is 250. The highest BCUT2D eigenvalue weighted by atomic mass is 16.6. The molecule has 0 heterocycles. The first kappa shape index (κ1) is 20.2. The van der Waals surface area contributed by atoms with Crippen LogP contribution in [0.25, 0.3) is 0 Å².